The molecule has 9 heteroatoms. The van der Waals surface area contributed by atoms with Crippen molar-refractivity contribution in [2.75, 3.05) is 0 Å². The van der Waals surface area contributed by atoms with Crippen LogP contribution in [0.5, 0.6) is 0 Å². The molecule has 70 valence electrons. The summed E-state index contributed by atoms with van der Waals surface area (Å²) in [5.74, 6) is 0. The van der Waals surface area contributed by atoms with Crippen molar-refractivity contribution >= 4 is 12.0 Å². The molecule has 0 saturated heterocycles. The van der Waals surface area contributed by atoms with Crippen LogP contribution in [0.4, 0.5) is 5.69 Å². The molecule has 0 aromatic carbocycles. The third-order valence-electron chi connectivity index (χ3n) is 1.11. The number of hydrogen-bond donors (Lipinski definition) is 0. The zero-order chi connectivity index (χ0) is 10.8. The first kappa shape index (κ1) is 15.9. The van der Waals surface area contributed by atoms with Crippen LogP contribution >= 0.6 is 0 Å². The van der Waals surface area contributed by atoms with E-state index in [1.807, 2.05) is 0 Å². The van der Waals surface area contributed by atoms with Gasteiger partial charge >= 0.3 is 29.6 Å². The van der Waals surface area contributed by atoms with Crippen LogP contribution in [0, 0.1) is 0 Å². The van der Waals surface area contributed by atoms with Crippen LogP contribution in [-0.2, 0) is 0 Å². The maximum Gasteiger partial charge on any atom is 1.00 e. The molecule has 0 aliphatic carbocycles. The topological polar surface area (TPSA) is 137 Å². The van der Waals surface area contributed by atoms with Crippen molar-refractivity contribution in [3.05, 3.63) is 50.4 Å². The second kappa shape index (κ2) is 10.5. The predicted octanol–water partition coefficient (Wildman–Crippen LogP) is -0.294. The third kappa shape index (κ3) is 6.50. The van der Waals surface area contributed by atoms with Gasteiger partial charge in [0.2, 0.25) is 0 Å². The van der Waals surface area contributed by atoms with Crippen LogP contribution in [0.3, 0.4) is 0 Å². The molecular weight excluding hydrogens is 209 g/mol. The molecule has 0 aliphatic rings. The number of carbonyl (C=O) groups excluding carboxylic acids is 1. The Labute approximate surface area is 107 Å². The molecule has 0 aliphatic heterocycles. The van der Waals surface area contributed by atoms with Crippen molar-refractivity contribution in [3.8, 4) is 0 Å². The zero-order valence-corrected chi connectivity index (χ0v) is 9.85. The summed E-state index contributed by atoms with van der Waals surface area (Å²) in [5.41, 5.74) is 22.2. The summed E-state index contributed by atoms with van der Waals surface area (Å²) in [7, 11) is 0. The minimum atomic E-state index is 0. The Morgan fingerprint density at radius 2 is 2.00 bits per heavy atom. The summed E-state index contributed by atoms with van der Waals surface area (Å²) in [4.78, 5) is 18.0. The van der Waals surface area contributed by atoms with Gasteiger partial charge in [-0.3, -0.25) is 14.7 Å². The first-order valence-electron chi connectivity index (χ1n) is 3.23. The number of aldehydes is 1. The smallest absolute Gasteiger partial charge is 0.373 e. The minimum Gasteiger partial charge on any atom is -0.373 e. The van der Waals surface area contributed by atoms with Crippen molar-refractivity contribution in [1.82, 2.24) is 4.98 Å². The quantitative estimate of drug-likeness (QED) is 0.219. The summed E-state index contributed by atoms with van der Waals surface area (Å²) in [5, 5.41) is 3.29. The normalized spacial score (nSPS) is 6.67. The van der Waals surface area contributed by atoms with Crippen LogP contribution < -0.4 is 29.6 Å². The molecule has 8 nitrogen and oxygen atoms in total. The molecule has 0 spiro atoms. The molecule has 0 radical (unpaired) electrons. The van der Waals surface area contributed by atoms with E-state index in [0.29, 0.717) is 17.5 Å². The van der Waals surface area contributed by atoms with Gasteiger partial charge in [-0.15, -0.1) is 0 Å². The van der Waals surface area contributed by atoms with Gasteiger partial charge in [-0.05, 0) is 11.6 Å². The van der Waals surface area contributed by atoms with E-state index in [2.05, 4.69) is 15.0 Å². The molecule has 1 rings (SSSR count). The molecule has 1 aromatic heterocycles. The van der Waals surface area contributed by atoms with Gasteiger partial charge in [0.05, 0.1) is 5.69 Å². The first-order chi connectivity index (χ1) is 6.79. The van der Waals surface area contributed by atoms with Crippen LogP contribution in [0.25, 0.3) is 26.4 Å². The van der Waals surface area contributed by atoms with Gasteiger partial charge in [0.15, 0.2) is 6.29 Å². The Balaban J connectivity index is 0. The molecule has 0 atom stereocenters. The number of azide groups is 1. The molecule has 0 unspecified atom stereocenters. The van der Waals surface area contributed by atoms with Gasteiger partial charge in [0, 0.05) is 22.9 Å². The van der Waals surface area contributed by atoms with E-state index in [4.69, 9.17) is 16.6 Å². The number of rotatable bonds is 2. The second-order valence-electron chi connectivity index (χ2n) is 1.83. The van der Waals surface area contributed by atoms with Gasteiger partial charge < -0.3 is 11.1 Å². The standard InChI is InChI=1S/C6H4N4O.N3.Na/c7-10-9-6-1-2-8-3-5(6)4-11;1-3-2;/h1-4H;;/q;-1;+1. The maximum atomic E-state index is 10.3. The van der Waals surface area contributed by atoms with E-state index in [1.165, 1.54) is 23.4 Å². The molecule has 1 aromatic rings. The molecule has 0 bridgehead atoms. The minimum absolute atomic E-state index is 0. The number of nitrogens with zero attached hydrogens (tertiary/aromatic N) is 7. The second-order valence-corrected chi connectivity index (χ2v) is 1.83. The summed E-state index contributed by atoms with van der Waals surface area (Å²) >= 11 is 0. The van der Waals surface area contributed by atoms with E-state index in [1.54, 1.807) is 0 Å². The van der Waals surface area contributed by atoms with Gasteiger partial charge in [0.1, 0.15) is 0 Å². The Hall–Kier alpha value is -1.56. The molecule has 0 saturated carbocycles. The summed E-state index contributed by atoms with van der Waals surface area (Å²) in [6.07, 6.45) is 3.39. The van der Waals surface area contributed by atoms with Gasteiger partial charge in [-0.25, -0.2) is 0 Å². The van der Waals surface area contributed by atoms with E-state index < -0.39 is 0 Å². The number of carbonyl (C=O) groups is 1. The Kier molecular flexibility index (Phi) is 11.1. The number of hydrogen-bond acceptors (Lipinski definition) is 3. The molecule has 0 amide bonds. The average molecular weight is 213 g/mol. The average Bonchev–Trinajstić information content (AvgIpc) is 2.20. The first-order valence-corrected chi connectivity index (χ1v) is 3.23. The molecule has 0 fully saturated rings. The van der Waals surface area contributed by atoms with Crippen LogP contribution in [0.2, 0.25) is 0 Å². The Morgan fingerprint density at radius 1 is 1.40 bits per heavy atom. The maximum absolute atomic E-state index is 10.3. The van der Waals surface area contributed by atoms with Crippen LogP contribution in [-0.4, -0.2) is 11.3 Å². The summed E-state index contributed by atoms with van der Waals surface area (Å²) in [6, 6.07) is 1.48. The molecule has 0 N–H and O–H groups in total. The fourth-order valence-corrected chi connectivity index (χ4v) is 0.629. The predicted molar refractivity (Wildman–Crippen MR) is 48.5 cm³/mol. The number of pyridine rings is 1. The fraction of sp³-hybridized carbons (Fsp3) is 0. The third-order valence-corrected chi connectivity index (χ3v) is 1.11. The SMILES string of the molecule is [N-]=[N+]=Nc1ccncc1C=O.[N-]=[N+]=[N-].[Na+]. The van der Waals surface area contributed by atoms with Gasteiger partial charge in [-0.2, -0.15) is 0 Å². The molecule has 15 heavy (non-hydrogen) atoms. The van der Waals surface area contributed by atoms with Crippen molar-refractivity contribution in [1.29, 1.82) is 0 Å². The summed E-state index contributed by atoms with van der Waals surface area (Å²) in [6.45, 7) is 0. The van der Waals surface area contributed by atoms with E-state index in [9.17, 15) is 4.79 Å². The van der Waals surface area contributed by atoms with Crippen molar-refractivity contribution in [2.24, 2.45) is 5.11 Å². The van der Waals surface area contributed by atoms with E-state index in [0.717, 1.165) is 0 Å². The molecule has 1 heterocycles. The Morgan fingerprint density at radius 3 is 2.47 bits per heavy atom. The largest absolute Gasteiger partial charge is 1.00 e. The zero-order valence-electron chi connectivity index (χ0n) is 7.85. The monoisotopic (exact) mass is 213 g/mol. The van der Waals surface area contributed by atoms with Crippen LogP contribution in [0.1, 0.15) is 10.4 Å². The van der Waals surface area contributed by atoms with E-state index in [-0.39, 0.29) is 29.6 Å². The van der Waals surface area contributed by atoms with Gasteiger partial charge in [0.25, 0.3) is 0 Å². The summed E-state index contributed by atoms with van der Waals surface area (Å²) < 4.78 is 0. The van der Waals surface area contributed by atoms with Crippen LogP contribution in [0.15, 0.2) is 23.6 Å². The number of aromatic nitrogens is 1. The van der Waals surface area contributed by atoms with E-state index >= 15 is 0 Å². The fourth-order valence-electron chi connectivity index (χ4n) is 0.629. The van der Waals surface area contributed by atoms with Crippen molar-refractivity contribution < 1.29 is 34.4 Å². The van der Waals surface area contributed by atoms with Crippen molar-refractivity contribution in [3.63, 3.8) is 0 Å². The van der Waals surface area contributed by atoms with Crippen molar-refractivity contribution in [2.45, 2.75) is 0 Å². The molecular formula is C6H4N7NaO. The van der Waals surface area contributed by atoms with Gasteiger partial charge in [-0.1, -0.05) is 5.11 Å². The Bertz CT molecular complexity index is 394.